The second-order valence-corrected chi connectivity index (χ2v) is 6.46. The number of benzene rings is 2. The van der Waals surface area contributed by atoms with Gasteiger partial charge in [0, 0.05) is 17.8 Å². The number of aryl methyl sites for hydroxylation is 1. The predicted molar refractivity (Wildman–Crippen MR) is 105 cm³/mol. The number of anilines is 1. The smallest absolute Gasteiger partial charge is 0.311 e. The average molecular weight is 416 g/mol. The van der Waals surface area contributed by atoms with Crippen LogP contribution in [0.4, 0.5) is 11.4 Å². The third-order valence-electron chi connectivity index (χ3n) is 4.32. The molecule has 3 rings (SSSR count). The highest BCUT2D eigenvalue weighted by Crippen LogP contribution is 2.33. The zero-order valence-corrected chi connectivity index (χ0v) is 16.4. The lowest BCUT2D eigenvalue weighted by atomic mass is 10.1. The molecule has 0 atom stereocenters. The first-order valence-corrected chi connectivity index (χ1v) is 9.04. The molecule has 10 nitrogen and oxygen atoms in total. The standard InChI is InChI=1S/C20H20N2O8/c1-12-7-15(22(25)26)17(27-2)10-14(12)21-19(23)11-30-20(24)9-13-3-4-16-18(8-13)29-6-5-28-16/h3-4,7-8,10H,5-6,9,11H2,1-2H3,(H,21,23). The number of methoxy groups -OCH3 is 1. The molecular weight excluding hydrogens is 396 g/mol. The Morgan fingerprint density at radius 3 is 2.60 bits per heavy atom. The van der Waals surface area contributed by atoms with Gasteiger partial charge >= 0.3 is 11.7 Å². The molecule has 1 aliphatic heterocycles. The fraction of sp³-hybridized carbons (Fsp3) is 0.300. The number of ether oxygens (including phenoxy) is 4. The Balaban J connectivity index is 1.55. The lowest BCUT2D eigenvalue weighted by Crippen LogP contribution is -2.22. The zero-order chi connectivity index (χ0) is 21.7. The van der Waals surface area contributed by atoms with Crippen LogP contribution in [0.25, 0.3) is 0 Å². The summed E-state index contributed by atoms with van der Waals surface area (Å²) in [6.07, 6.45) is -0.0334. The Morgan fingerprint density at radius 1 is 1.17 bits per heavy atom. The number of esters is 1. The van der Waals surface area contributed by atoms with Crippen molar-refractivity contribution in [3.05, 3.63) is 51.6 Å². The number of nitrogens with one attached hydrogen (secondary N) is 1. The first-order valence-electron chi connectivity index (χ1n) is 9.04. The maximum absolute atomic E-state index is 12.1. The molecule has 0 fully saturated rings. The van der Waals surface area contributed by atoms with E-state index in [1.807, 2.05) is 0 Å². The van der Waals surface area contributed by atoms with Crippen LogP contribution < -0.4 is 19.5 Å². The molecule has 0 spiro atoms. The van der Waals surface area contributed by atoms with Crippen LogP contribution in [0.5, 0.6) is 17.2 Å². The van der Waals surface area contributed by atoms with Crippen molar-refractivity contribution >= 4 is 23.3 Å². The number of rotatable bonds is 7. The first kappa shape index (κ1) is 20.9. The van der Waals surface area contributed by atoms with E-state index in [-0.39, 0.29) is 17.9 Å². The third-order valence-corrected chi connectivity index (χ3v) is 4.32. The highest BCUT2D eigenvalue weighted by atomic mass is 16.6. The Bertz CT molecular complexity index is 989. The zero-order valence-electron chi connectivity index (χ0n) is 16.4. The minimum atomic E-state index is -0.583. The molecule has 2 aromatic rings. The number of nitro benzene ring substituents is 1. The number of carbonyl (C=O) groups excluding carboxylic acids is 2. The van der Waals surface area contributed by atoms with Gasteiger partial charge in [0.25, 0.3) is 5.91 Å². The Kier molecular flexibility index (Phi) is 6.35. The molecule has 1 N–H and O–H groups in total. The normalized spacial score (nSPS) is 12.1. The van der Waals surface area contributed by atoms with Crippen LogP contribution in [-0.4, -0.2) is 43.7 Å². The molecule has 1 aliphatic rings. The number of nitrogens with zero attached hydrogens (tertiary/aromatic N) is 1. The van der Waals surface area contributed by atoms with Gasteiger partial charge in [0.05, 0.1) is 18.5 Å². The van der Waals surface area contributed by atoms with Crippen LogP contribution in [0.3, 0.4) is 0 Å². The summed E-state index contributed by atoms with van der Waals surface area (Å²) in [5.74, 6) is 0.0272. The van der Waals surface area contributed by atoms with E-state index in [2.05, 4.69) is 5.32 Å². The SMILES string of the molecule is COc1cc(NC(=O)COC(=O)Cc2ccc3c(c2)OCCO3)c(C)cc1[N+](=O)[O-]. The van der Waals surface area contributed by atoms with Gasteiger partial charge in [-0.1, -0.05) is 6.07 Å². The molecule has 0 aliphatic carbocycles. The number of nitro groups is 1. The summed E-state index contributed by atoms with van der Waals surface area (Å²) in [7, 11) is 1.29. The van der Waals surface area contributed by atoms with Crippen molar-refractivity contribution in [3.8, 4) is 17.2 Å². The quantitative estimate of drug-likeness (QED) is 0.414. The molecule has 0 unspecified atom stereocenters. The van der Waals surface area contributed by atoms with E-state index in [1.165, 1.54) is 19.2 Å². The van der Waals surface area contributed by atoms with Crippen LogP contribution in [0, 0.1) is 17.0 Å². The summed E-state index contributed by atoms with van der Waals surface area (Å²) >= 11 is 0. The van der Waals surface area contributed by atoms with Crippen molar-refractivity contribution < 1.29 is 33.5 Å². The average Bonchev–Trinajstić information content (AvgIpc) is 2.73. The predicted octanol–water partition coefficient (Wildman–Crippen LogP) is 2.41. The second kappa shape index (κ2) is 9.12. The summed E-state index contributed by atoms with van der Waals surface area (Å²) in [4.78, 5) is 34.7. The second-order valence-electron chi connectivity index (χ2n) is 6.46. The van der Waals surface area contributed by atoms with Crippen molar-refractivity contribution in [2.45, 2.75) is 13.3 Å². The molecule has 0 saturated heterocycles. The van der Waals surface area contributed by atoms with Crippen molar-refractivity contribution in [2.75, 3.05) is 32.2 Å². The topological polar surface area (TPSA) is 126 Å². The van der Waals surface area contributed by atoms with E-state index in [0.29, 0.717) is 41.5 Å². The Hall–Kier alpha value is -3.82. The molecule has 1 amide bonds. The van der Waals surface area contributed by atoms with E-state index in [1.54, 1.807) is 25.1 Å². The van der Waals surface area contributed by atoms with Crippen LogP contribution in [-0.2, 0) is 20.7 Å². The summed E-state index contributed by atoms with van der Waals surface area (Å²) in [5.41, 5.74) is 1.25. The van der Waals surface area contributed by atoms with E-state index in [4.69, 9.17) is 18.9 Å². The van der Waals surface area contributed by atoms with Gasteiger partial charge in [-0.25, -0.2) is 0 Å². The highest BCUT2D eigenvalue weighted by Gasteiger charge is 2.19. The van der Waals surface area contributed by atoms with E-state index >= 15 is 0 Å². The molecule has 10 heteroatoms. The van der Waals surface area contributed by atoms with Gasteiger partial charge in [0.1, 0.15) is 13.2 Å². The van der Waals surface area contributed by atoms with Crippen LogP contribution in [0.1, 0.15) is 11.1 Å². The van der Waals surface area contributed by atoms with Gasteiger partial charge < -0.3 is 24.3 Å². The lowest BCUT2D eigenvalue weighted by molar-refractivity contribution is -0.385. The summed E-state index contributed by atoms with van der Waals surface area (Å²) < 4.78 is 20.9. The van der Waals surface area contributed by atoms with Crippen molar-refractivity contribution in [1.82, 2.24) is 0 Å². The van der Waals surface area contributed by atoms with Crippen LogP contribution in [0.2, 0.25) is 0 Å². The van der Waals surface area contributed by atoms with Crippen LogP contribution in [0.15, 0.2) is 30.3 Å². The monoisotopic (exact) mass is 416 g/mol. The van der Waals surface area contributed by atoms with Crippen molar-refractivity contribution in [1.29, 1.82) is 0 Å². The molecule has 0 saturated carbocycles. The van der Waals surface area contributed by atoms with Gasteiger partial charge in [-0.15, -0.1) is 0 Å². The third kappa shape index (κ3) is 4.96. The molecule has 2 aromatic carbocycles. The molecule has 1 heterocycles. The van der Waals surface area contributed by atoms with Gasteiger partial charge in [0.2, 0.25) is 0 Å². The molecule has 0 radical (unpaired) electrons. The van der Waals surface area contributed by atoms with Crippen molar-refractivity contribution in [3.63, 3.8) is 0 Å². The maximum Gasteiger partial charge on any atom is 0.311 e. The summed E-state index contributed by atoms with van der Waals surface area (Å²) in [6, 6.07) is 7.78. The maximum atomic E-state index is 12.1. The molecular formula is C20H20N2O8. The molecule has 0 bridgehead atoms. The van der Waals surface area contributed by atoms with Crippen molar-refractivity contribution in [2.24, 2.45) is 0 Å². The molecule has 0 aromatic heterocycles. The molecule has 30 heavy (non-hydrogen) atoms. The minimum absolute atomic E-state index is 0.0107. The number of carbonyl (C=O) groups is 2. The number of amides is 1. The molecule has 158 valence electrons. The number of fused-ring (bicyclic) bond motifs is 1. The van der Waals surface area contributed by atoms with E-state index < -0.39 is 23.4 Å². The lowest BCUT2D eigenvalue weighted by Gasteiger charge is -2.18. The minimum Gasteiger partial charge on any atom is -0.490 e. The fourth-order valence-electron chi connectivity index (χ4n) is 2.86. The van der Waals surface area contributed by atoms with Gasteiger partial charge in [-0.2, -0.15) is 0 Å². The van der Waals surface area contributed by atoms with Gasteiger partial charge in [0.15, 0.2) is 23.9 Å². The van der Waals surface area contributed by atoms with E-state index in [0.717, 1.165) is 0 Å². The van der Waals surface area contributed by atoms with Gasteiger partial charge in [-0.3, -0.25) is 19.7 Å². The number of hydrogen-bond donors (Lipinski definition) is 1. The fourth-order valence-corrected chi connectivity index (χ4v) is 2.86. The highest BCUT2D eigenvalue weighted by molar-refractivity contribution is 5.94. The van der Waals surface area contributed by atoms with Gasteiger partial charge in [-0.05, 0) is 30.2 Å². The van der Waals surface area contributed by atoms with E-state index in [9.17, 15) is 19.7 Å². The van der Waals surface area contributed by atoms with Crippen LogP contribution >= 0.6 is 0 Å². The Labute approximate surface area is 171 Å². The Morgan fingerprint density at radius 2 is 1.90 bits per heavy atom. The largest absolute Gasteiger partial charge is 0.490 e. The first-order chi connectivity index (χ1) is 14.4. The summed E-state index contributed by atoms with van der Waals surface area (Å²) in [6.45, 7) is 2.02. The summed E-state index contributed by atoms with van der Waals surface area (Å²) in [5, 5.41) is 13.6. The number of hydrogen-bond acceptors (Lipinski definition) is 8.